The van der Waals surface area contributed by atoms with Crippen LogP contribution in [0.15, 0.2) is 55.0 Å². The molecule has 0 bridgehead atoms. The lowest BCUT2D eigenvalue weighted by Crippen LogP contribution is -2.29. The van der Waals surface area contributed by atoms with Crippen LogP contribution < -0.4 is 10.6 Å². The van der Waals surface area contributed by atoms with Crippen molar-refractivity contribution in [3.8, 4) is 0 Å². The lowest BCUT2D eigenvalue weighted by molar-refractivity contribution is 0.0950. The third kappa shape index (κ3) is 3.35. The van der Waals surface area contributed by atoms with E-state index in [9.17, 15) is 4.79 Å². The van der Waals surface area contributed by atoms with Gasteiger partial charge in [-0.25, -0.2) is 9.97 Å². The summed E-state index contributed by atoms with van der Waals surface area (Å²) in [6, 6.07) is 11.3. The number of fused-ring (bicyclic) bond motifs is 1. The summed E-state index contributed by atoms with van der Waals surface area (Å²) in [5, 5.41) is 6.91. The maximum Gasteiger partial charge on any atom is 0.269 e. The normalized spacial score (nSPS) is 10.4. The lowest BCUT2D eigenvalue weighted by atomic mass is 10.2. The quantitative estimate of drug-likeness (QED) is 0.702. The summed E-state index contributed by atoms with van der Waals surface area (Å²) in [6.45, 7) is 1.04. The monoisotopic (exact) mass is 293 g/mol. The van der Waals surface area contributed by atoms with E-state index in [1.165, 1.54) is 0 Å². The van der Waals surface area contributed by atoms with Crippen LogP contribution in [0.3, 0.4) is 0 Å². The summed E-state index contributed by atoms with van der Waals surface area (Å²) in [7, 11) is 0. The lowest BCUT2D eigenvalue weighted by Gasteiger charge is -2.07. The van der Waals surface area contributed by atoms with Gasteiger partial charge in [0.05, 0.1) is 11.7 Å². The molecule has 0 spiro atoms. The minimum absolute atomic E-state index is 0.188. The molecule has 110 valence electrons. The molecule has 1 aromatic carbocycles. The molecule has 0 saturated carbocycles. The van der Waals surface area contributed by atoms with Crippen molar-refractivity contribution in [3.05, 3.63) is 60.7 Å². The Balaban J connectivity index is 1.54. The van der Waals surface area contributed by atoms with Crippen LogP contribution in [0.25, 0.3) is 10.9 Å². The molecule has 0 saturated heterocycles. The molecule has 6 heteroatoms. The smallest absolute Gasteiger partial charge is 0.269 e. The summed E-state index contributed by atoms with van der Waals surface area (Å²) >= 11 is 0. The van der Waals surface area contributed by atoms with E-state index in [2.05, 4.69) is 25.6 Å². The van der Waals surface area contributed by atoms with Crippen LogP contribution in [-0.4, -0.2) is 33.9 Å². The molecule has 0 aliphatic heterocycles. The number of hydrogen-bond donors (Lipinski definition) is 2. The second-order valence-electron chi connectivity index (χ2n) is 4.66. The Bertz CT molecular complexity index is 776. The first-order valence-electron chi connectivity index (χ1n) is 6.97. The number of pyridine rings is 1. The van der Waals surface area contributed by atoms with Crippen molar-refractivity contribution in [1.29, 1.82) is 0 Å². The molecule has 22 heavy (non-hydrogen) atoms. The molecule has 6 nitrogen and oxygen atoms in total. The molecule has 0 fully saturated rings. The molecule has 0 aliphatic carbocycles. The summed E-state index contributed by atoms with van der Waals surface area (Å²) in [4.78, 5) is 24.5. The molecular weight excluding hydrogens is 278 g/mol. The maximum atomic E-state index is 12.1. The van der Waals surface area contributed by atoms with Crippen LogP contribution in [0.4, 0.5) is 5.82 Å². The summed E-state index contributed by atoms with van der Waals surface area (Å²) in [5.74, 6) is 0.493. The average Bonchev–Trinajstić information content (AvgIpc) is 2.59. The average molecular weight is 293 g/mol. The molecule has 2 aromatic heterocycles. The molecule has 0 atom stereocenters. The van der Waals surface area contributed by atoms with Gasteiger partial charge in [0.2, 0.25) is 0 Å². The van der Waals surface area contributed by atoms with Gasteiger partial charge in [-0.3, -0.25) is 9.78 Å². The third-order valence-corrected chi connectivity index (χ3v) is 3.11. The van der Waals surface area contributed by atoms with Crippen molar-refractivity contribution < 1.29 is 4.79 Å². The van der Waals surface area contributed by atoms with Crippen molar-refractivity contribution in [3.63, 3.8) is 0 Å². The number of nitrogens with one attached hydrogen (secondary N) is 2. The standard InChI is InChI=1S/C16H15N5O/c22-16(20-10-9-19-15-11-17-7-8-18-15)14-6-5-12-3-1-2-4-13(12)21-14/h1-8,11H,9-10H2,(H,18,19)(H,20,22). The molecule has 2 heterocycles. The van der Waals surface area contributed by atoms with Crippen molar-refractivity contribution in [1.82, 2.24) is 20.3 Å². The van der Waals surface area contributed by atoms with E-state index in [0.717, 1.165) is 10.9 Å². The summed E-state index contributed by atoms with van der Waals surface area (Å²) in [6.07, 6.45) is 4.85. The molecule has 0 radical (unpaired) electrons. The van der Waals surface area contributed by atoms with Gasteiger partial charge in [-0.1, -0.05) is 24.3 Å². The Hall–Kier alpha value is -3.02. The number of amides is 1. The van der Waals surface area contributed by atoms with Gasteiger partial charge in [0.1, 0.15) is 11.5 Å². The van der Waals surface area contributed by atoms with Crippen LogP contribution in [0.2, 0.25) is 0 Å². The van der Waals surface area contributed by atoms with Gasteiger partial charge >= 0.3 is 0 Å². The van der Waals surface area contributed by atoms with E-state index in [0.29, 0.717) is 24.6 Å². The largest absolute Gasteiger partial charge is 0.367 e. The van der Waals surface area contributed by atoms with Crippen LogP contribution in [-0.2, 0) is 0 Å². The van der Waals surface area contributed by atoms with Crippen molar-refractivity contribution in [2.75, 3.05) is 18.4 Å². The van der Waals surface area contributed by atoms with Crippen LogP contribution in [0.5, 0.6) is 0 Å². The Morgan fingerprint density at radius 2 is 1.95 bits per heavy atom. The predicted molar refractivity (Wildman–Crippen MR) is 84.6 cm³/mol. The molecule has 1 amide bonds. The number of para-hydroxylation sites is 1. The first kappa shape index (κ1) is 13.9. The van der Waals surface area contributed by atoms with Crippen molar-refractivity contribution in [2.24, 2.45) is 0 Å². The number of rotatable bonds is 5. The molecular formula is C16H15N5O. The molecule has 0 unspecified atom stereocenters. The van der Waals surface area contributed by atoms with E-state index in [-0.39, 0.29) is 5.91 Å². The Labute approximate surface area is 127 Å². The highest BCUT2D eigenvalue weighted by atomic mass is 16.1. The second-order valence-corrected chi connectivity index (χ2v) is 4.66. The number of anilines is 1. The highest BCUT2D eigenvalue weighted by Crippen LogP contribution is 2.11. The molecule has 2 N–H and O–H groups in total. The van der Waals surface area contributed by atoms with E-state index in [1.807, 2.05) is 30.3 Å². The number of hydrogen-bond acceptors (Lipinski definition) is 5. The Morgan fingerprint density at radius 1 is 1.05 bits per heavy atom. The fraction of sp³-hybridized carbons (Fsp3) is 0.125. The number of nitrogens with zero attached hydrogens (tertiary/aromatic N) is 3. The minimum Gasteiger partial charge on any atom is -0.367 e. The van der Waals surface area contributed by atoms with Gasteiger partial charge in [0.25, 0.3) is 5.91 Å². The van der Waals surface area contributed by atoms with Crippen LogP contribution >= 0.6 is 0 Å². The van der Waals surface area contributed by atoms with Gasteiger partial charge in [-0.15, -0.1) is 0 Å². The van der Waals surface area contributed by atoms with E-state index in [1.54, 1.807) is 24.7 Å². The Kier molecular flexibility index (Phi) is 4.20. The SMILES string of the molecule is O=C(NCCNc1cnccn1)c1ccc2ccccc2n1. The maximum absolute atomic E-state index is 12.1. The second kappa shape index (κ2) is 6.62. The molecule has 3 aromatic rings. The highest BCUT2D eigenvalue weighted by molar-refractivity contribution is 5.94. The fourth-order valence-corrected chi connectivity index (χ4v) is 2.04. The van der Waals surface area contributed by atoms with E-state index in [4.69, 9.17) is 0 Å². The third-order valence-electron chi connectivity index (χ3n) is 3.11. The van der Waals surface area contributed by atoms with Crippen molar-refractivity contribution in [2.45, 2.75) is 0 Å². The highest BCUT2D eigenvalue weighted by Gasteiger charge is 2.07. The molecule has 3 rings (SSSR count). The zero-order valence-electron chi connectivity index (χ0n) is 11.9. The number of carbonyl (C=O) groups is 1. The first-order chi connectivity index (χ1) is 10.8. The zero-order valence-corrected chi connectivity index (χ0v) is 11.9. The van der Waals surface area contributed by atoms with Gasteiger partial charge < -0.3 is 10.6 Å². The molecule has 0 aliphatic rings. The van der Waals surface area contributed by atoms with E-state index < -0.39 is 0 Å². The van der Waals surface area contributed by atoms with Gasteiger partial charge in [-0.2, -0.15) is 0 Å². The van der Waals surface area contributed by atoms with Crippen LogP contribution in [0, 0.1) is 0 Å². The topological polar surface area (TPSA) is 79.8 Å². The predicted octanol–water partition coefficient (Wildman–Crippen LogP) is 1.87. The van der Waals surface area contributed by atoms with Crippen molar-refractivity contribution >= 4 is 22.6 Å². The van der Waals surface area contributed by atoms with Gasteiger partial charge in [-0.05, 0) is 12.1 Å². The number of carbonyl (C=O) groups excluding carboxylic acids is 1. The summed E-state index contributed by atoms with van der Waals surface area (Å²) in [5.41, 5.74) is 1.23. The summed E-state index contributed by atoms with van der Waals surface area (Å²) < 4.78 is 0. The first-order valence-corrected chi connectivity index (χ1v) is 6.97. The van der Waals surface area contributed by atoms with Gasteiger partial charge in [0.15, 0.2) is 0 Å². The number of benzene rings is 1. The number of aromatic nitrogens is 3. The Morgan fingerprint density at radius 3 is 2.82 bits per heavy atom. The fourth-order valence-electron chi connectivity index (χ4n) is 2.04. The van der Waals surface area contributed by atoms with Gasteiger partial charge in [0, 0.05) is 30.9 Å². The minimum atomic E-state index is -0.188. The van der Waals surface area contributed by atoms with E-state index >= 15 is 0 Å². The zero-order chi connectivity index (χ0) is 15.2. The van der Waals surface area contributed by atoms with Crippen LogP contribution in [0.1, 0.15) is 10.5 Å².